The maximum atomic E-state index is 13.4. The number of carbonyl (C=O) groups excluding carboxylic acids is 2. The van der Waals surface area contributed by atoms with Crippen LogP contribution in [-0.4, -0.2) is 56.4 Å². The van der Waals surface area contributed by atoms with E-state index in [1.807, 2.05) is 0 Å². The van der Waals surface area contributed by atoms with E-state index in [1.165, 1.54) is 13.2 Å². The summed E-state index contributed by atoms with van der Waals surface area (Å²) < 4.78 is 56.4. The van der Waals surface area contributed by atoms with Crippen LogP contribution >= 0.6 is 0 Å². The van der Waals surface area contributed by atoms with Crippen molar-refractivity contribution in [2.45, 2.75) is 25.1 Å². The second kappa shape index (κ2) is 12.7. The molecule has 3 aromatic rings. The number of piperidine rings is 1. The molecular formula is C29H29F3N2O5. The fourth-order valence-electron chi connectivity index (χ4n) is 4.28. The van der Waals surface area contributed by atoms with Gasteiger partial charge in [-0.1, -0.05) is 42.5 Å². The Morgan fingerprint density at radius 2 is 1.69 bits per heavy atom. The van der Waals surface area contributed by atoms with Gasteiger partial charge in [0.1, 0.15) is 18.5 Å². The summed E-state index contributed by atoms with van der Waals surface area (Å²) >= 11 is 0. The van der Waals surface area contributed by atoms with Crippen LogP contribution in [0.15, 0.2) is 72.8 Å². The number of rotatable bonds is 8. The molecule has 3 aromatic carbocycles. The molecule has 1 saturated heterocycles. The molecular weight excluding hydrogens is 513 g/mol. The van der Waals surface area contributed by atoms with Gasteiger partial charge in [-0.05, 0) is 35.4 Å². The number of ether oxygens (including phenoxy) is 3. The number of nitrogens with one attached hydrogen (secondary N) is 1. The molecule has 0 atom stereocenters. The monoisotopic (exact) mass is 542 g/mol. The lowest BCUT2D eigenvalue weighted by molar-refractivity contribution is -0.137. The van der Waals surface area contributed by atoms with E-state index >= 15 is 0 Å². The number of anilines is 1. The molecule has 7 nitrogen and oxygen atoms in total. The largest absolute Gasteiger partial charge is 0.490 e. The van der Waals surface area contributed by atoms with Crippen LogP contribution in [-0.2, 0) is 15.7 Å². The number of nitrogens with zero attached hydrogens (tertiary/aromatic N) is 1. The maximum absolute atomic E-state index is 13.4. The molecule has 0 spiro atoms. The van der Waals surface area contributed by atoms with Gasteiger partial charge < -0.3 is 24.4 Å². The first-order valence-electron chi connectivity index (χ1n) is 12.5. The number of halogens is 3. The standard InChI is InChI=1S/C29H29F3N2O5/c1-37-16-17-38-28(36)34-14-12-23(13-15-34)39-24-9-5-8-22(19-24)33-27(35)26-18-21(29(30,31)32)10-11-25(26)20-6-3-2-4-7-20/h2-11,18-19,23H,12-17H2,1H3,(H,33,35). The van der Waals surface area contributed by atoms with Crippen LogP contribution in [0.3, 0.4) is 0 Å². The first-order chi connectivity index (χ1) is 18.7. The van der Waals surface area contributed by atoms with E-state index in [1.54, 1.807) is 59.5 Å². The number of amides is 2. The summed E-state index contributed by atoms with van der Waals surface area (Å²) in [6, 6.07) is 18.6. The zero-order chi connectivity index (χ0) is 27.8. The molecule has 0 aliphatic carbocycles. The van der Waals surface area contributed by atoms with E-state index in [9.17, 15) is 22.8 Å². The number of alkyl halides is 3. The third-order valence-electron chi connectivity index (χ3n) is 6.28. The minimum Gasteiger partial charge on any atom is -0.490 e. The Bertz CT molecular complexity index is 1280. The second-order valence-corrected chi connectivity index (χ2v) is 9.02. The van der Waals surface area contributed by atoms with Crippen molar-refractivity contribution >= 4 is 17.7 Å². The highest BCUT2D eigenvalue weighted by molar-refractivity contribution is 6.09. The molecule has 206 valence electrons. The van der Waals surface area contributed by atoms with Crippen LogP contribution in [0.5, 0.6) is 5.75 Å². The third kappa shape index (κ3) is 7.51. The summed E-state index contributed by atoms with van der Waals surface area (Å²) in [6.45, 7) is 1.48. The van der Waals surface area contributed by atoms with Gasteiger partial charge in [0.05, 0.1) is 12.2 Å². The predicted octanol–water partition coefficient (Wildman–Crippen LogP) is 6.25. The Kier molecular flexibility index (Phi) is 9.08. The number of hydrogen-bond acceptors (Lipinski definition) is 5. The first-order valence-corrected chi connectivity index (χ1v) is 12.5. The molecule has 10 heteroatoms. The van der Waals surface area contributed by atoms with E-state index in [0.29, 0.717) is 55.1 Å². The van der Waals surface area contributed by atoms with Gasteiger partial charge in [0.25, 0.3) is 5.91 Å². The molecule has 1 aliphatic heterocycles. The Labute approximate surface area is 224 Å². The minimum absolute atomic E-state index is 0.0906. The number of carbonyl (C=O) groups is 2. The molecule has 1 fully saturated rings. The fraction of sp³-hybridized carbons (Fsp3) is 0.310. The van der Waals surface area contributed by atoms with Gasteiger partial charge in [-0.3, -0.25) is 4.79 Å². The van der Waals surface area contributed by atoms with Gasteiger partial charge in [-0.2, -0.15) is 13.2 Å². The Balaban J connectivity index is 1.43. The maximum Gasteiger partial charge on any atom is 0.416 e. The third-order valence-corrected chi connectivity index (χ3v) is 6.28. The van der Waals surface area contributed by atoms with Gasteiger partial charge in [0.2, 0.25) is 0 Å². The Hall–Kier alpha value is -4.05. The van der Waals surface area contributed by atoms with Gasteiger partial charge in [-0.15, -0.1) is 0 Å². The lowest BCUT2D eigenvalue weighted by Crippen LogP contribution is -2.42. The zero-order valence-electron chi connectivity index (χ0n) is 21.4. The van der Waals surface area contributed by atoms with Crippen LogP contribution in [0.2, 0.25) is 0 Å². The normalized spacial score (nSPS) is 14.1. The van der Waals surface area contributed by atoms with E-state index in [0.717, 1.165) is 12.1 Å². The van der Waals surface area contributed by atoms with Crippen molar-refractivity contribution in [3.8, 4) is 16.9 Å². The van der Waals surface area contributed by atoms with Crippen LogP contribution in [0, 0.1) is 0 Å². The van der Waals surface area contributed by atoms with E-state index in [4.69, 9.17) is 14.2 Å². The summed E-state index contributed by atoms with van der Waals surface area (Å²) in [5.74, 6) is -0.168. The number of methoxy groups -OCH3 is 1. The lowest BCUT2D eigenvalue weighted by atomic mass is 9.96. The second-order valence-electron chi connectivity index (χ2n) is 9.02. The van der Waals surface area contributed by atoms with E-state index < -0.39 is 17.6 Å². The molecule has 39 heavy (non-hydrogen) atoms. The molecule has 0 saturated carbocycles. The summed E-state index contributed by atoms with van der Waals surface area (Å²) in [5.41, 5.74) is 0.405. The van der Waals surface area contributed by atoms with Crippen molar-refractivity contribution in [1.29, 1.82) is 0 Å². The van der Waals surface area contributed by atoms with Gasteiger partial charge in [0, 0.05) is 50.4 Å². The molecule has 1 heterocycles. The van der Waals surface area contributed by atoms with Crippen LogP contribution in [0.25, 0.3) is 11.1 Å². The topological polar surface area (TPSA) is 77.1 Å². The van der Waals surface area contributed by atoms with Crippen LogP contribution in [0.1, 0.15) is 28.8 Å². The number of hydrogen-bond donors (Lipinski definition) is 1. The van der Waals surface area contributed by atoms with Crippen molar-refractivity contribution in [2.24, 2.45) is 0 Å². The zero-order valence-corrected chi connectivity index (χ0v) is 21.4. The fourth-order valence-corrected chi connectivity index (χ4v) is 4.28. The van der Waals surface area contributed by atoms with Crippen molar-refractivity contribution in [1.82, 2.24) is 4.90 Å². The van der Waals surface area contributed by atoms with Crippen LogP contribution in [0.4, 0.5) is 23.7 Å². The van der Waals surface area contributed by atoms with Crippen LogP contribution < -0.4 is 10.1 Å². The average Bonchev–Trinajstić information content (AvgIpc) is 2.93. The summed E-state index contributed by atoms with van der Waals surface area (Å²) in [7, 11) is 1.53. The number of likely N-dealkylation sites (tertiary alicyclic amines) is 1. The highest BCUT2D eigenvalue weighted by Gasteiger charge is 2.32. The summed E-state index contributed by atoms with van der Waals surface area (Å²) in [4.78, 5) is 26.9. The van der Waals surface area contributed by atoms with Gasteiger partial charge in [0.15, 0.2) is 0 Å². The molecule has 0 radical (unpaired) electrons. The average molecular weight is 543 g/mol. The highest BCUT2D eigenvalue weighted by atomic mass is 19.4. The van der Waals surface area contributed by atoms with Crippen molar-refractivity contribution in [2.75, 3.05) is 38.7 Å². The van der Waals surface area contributed by atoms with E-state index in [2.05, 4.69) is 5.32 Å². The highest BCUT2D eigenvalue weighted by Crippen LogP contribution is 2.34. The van der Waals surface area contributed by atoms with Gasteiger partial charge >= 0.3 is 12.3 Å². The molecule has 0 aromatic heterocycles. The molecule has 2 amide bonds. The van der Waals surface area contributed by atoms with E-state index in [-0.39, 0.29) is 24.4 Å². The molecule has 4 rings (SSSR count). The van der Waals surface area contributed by atoms with Gasteiger partial charge in [-0.25, -0.2) is 4.79 Å². The van der Waals surface area contributed by atoms with Crippen molar-refractivity contribution < 1.29 is 37.0 Å². The predicted molar refractivity (Wildman–Crippen MR) is 140 cm³/mol. The molecule has 1 aliphatic rings. The van der Waals surface area contributed by atoms with Crippen molar-refractivity contribution in [3.05, 3.63) is 83.9 Å². The molecule has 1 N–H and O–H groups in total. The SMILES string of the molecule is COCCOC(=O)N1CCC(Oc2cccc(NC(=O)c3cc(C(F)(F)F)ccc3-c3ccccc3)c2)CC1. The summed E-state index contributed by atoms with van der Waals surface area (Å²) in [6.07, 6.45) is -3.93. The Morgan fingerprint density at radius 1 is 0.949 bits per heavy atom. The number of benzene rings is 3. The summed E-state index contributed by atoms with van der Waals surface area (Å²) in [5, 5.41) is 2.71. The Morgan fingerprint density at radius 3 is 2.38 bits per heavy atom. The smallest absolute Gasteiger partial charge is 0.416 e. The lowest BCUT2D eigenvalue weighted by Gasteiger charge is -2.31. The minimum atomic E-state index is -4.59. The van der Waals surface area contributed by atoms with Crippen molar-refractivity contribution in [3.63, 3.8) is 0 Å². The molecule has 0 unspecified atom stereocenters. The quantitative estimate of drug-likeness (QED) is 0.341. The first kappa shape index (κ1) is 28.0. The molecule has 0 bridgehead atoms.